The highest BCUT2D eigenvalue weighted by Crippen LogP contribution is 2.56. The number of carbonyl (C=O) groups excluding carboxylic acids is 7. The summed E-state index contributed by atoms with van der Waals surface area (Å²) >= 11 is 0. The molecule has 1 heterocycles. The fourth-order valence-corrected chi connectivity index (χ4v) is 11.8. The van der Waals surface area contributed by atoms with Gasteiger partial charge in [0.1, 0.15) is 12.1 Å². The molecule has 1 saturated heterocycles. The Morgan fingerprint density at radius 3 is 2.08 bits per heavy atom. The largest absolute Gasteiger partial charge is 0.347 e. The summed E-state index contributed by atoms with van der Waals surface area (Å²) < 4.78 is 0. The van der Waals surface area contributed by atoms with Gasteiger partial charge in [-0.1, -0.05) is 75.9 Å². The van der Waals surface area contributed by atoms with Gasteiger partial charge >= 0.3 is 6.03 Å². The molecule has 61 heavy (non-hydrogen) atoms. The van der Waals surface area contributed by atoms with Gasteiger partial charge in [0, 0.05) is 51.4 Å². The highest BCUT2D eigenvalue weighted by molar-refractivity contribution is 6.38. The van der Waals surface area contributed by atoms with Crippen molar-refractivity contribution in [1.82, 2.24) is 25.8 Å². The number of benzene rings is 1. The zero-order valence-electron chi connectivity index (χ0n) is 37.1. The average molecular weight is 842 g/mol. The van der Waals surface area contributed by atoms with Gasteiger partial charge in [-0.15, -0.1) is 6.58 Å². The Labute approximate surface area is 363 Å². The van der Waals surface area contributed by atoms with Crippen LogP contribution in [0.3, 0.4) is 0 Å². The van der Waals surface area contributed by atoms with Gasteiger partial charge in [0.2, 0.25) is 23.5 Å². The van der Waals surface area contributed by atoms with Crippen LogP contribution in [0, 0.1) is 41.4 Å². The summed E-state index contributed by atoms with van der Waals surface area (Å²) in [5.74, 6) is -1.51. The number of urea groups is 1. The molecule has 1 unspecified atom stereocenters. The van der Waals surface area contributed by atoms with E-state index in [9.17, 15) is 33.6 Å². The van der Waals surface area contributed by atoms with Crippen LogP contribution in [0.4, 0.5) is 4.79 Å². The normalized spacial score (nSPS) is 28.5. The number of amides is 5. The van der Waals surface area contributed by atoms with Crippen molar-refractivity contribution in [1.29, 1.82) is 0 Å². The van der Waals surface area contributed by atoms with Crippen molar-refractivity contribution in [3.8, 4) is 0 Å². The van der Waals surface area contributed by atoms with Gasteiger partial charge in [0.25, 0.3) is 0 Å². The molecule has 0 radical (unpaired) electrons. The third-order valence-electron chi connectivity index (χ3n) is 14.4. The minimum atomic E-state index is -0.945. The first-order valence-corrected chi connectivity index (χ1v) is 23.4. The van der Waals surface area contributed by atoms with E-state index >= 15 is 0 Å². The summed E-state index contributed by atoms with van der Waals surface area (Å²) in [5, 5.41) is 9.28. The number of piperidine rings is 1. The van der Waals surface area contributed by atoms with Crippen LogP contribution in [0.1, 0.15) is 141 Å². The number of hydrogen-bond donors (Lipinski definition) is 3. The molecule has 12 heteroatoms. The molecule has 7 fully saturated rings. The maximum atomic E-state index is 14.7. The minimum absolute atomic E-state index is 0.00120. The second-order valence-corrected chi connectivity index (χ2v) is 19.6. The van der Waals surface area contributed by atoms with Gasteiger partial charge in [0.05, 0.1) is 6.04 Å². The number of allylic oxidation sites excluding steroid dienone is 1. The van der Waals surface area contributed by atoms with Crippen LogP contribution in [0.5, 0.6) is 0 Å². The summed E-state index contributed by atoms with van der Waals surface area (Å²) in [6, 6.07) is 6.14. The molecule has 1 aromatic rings. The first-order valence-electron chi connectivity index (χ1n) is 23.4. The molecule has 12 nitrogen and oxygen atoms in total. The van der Waals surface area contributed by atoms with Crippen molar-refractivity contribution < 1.29 is 33.6 Å². The van der Waals surface area contributed by atoms with Gasteiger partial charge in [-0.05, 0) is 112 Å². The van der Waals surface area contributed by atoms with Crippen LogP contribution in [0.25, 0.3) is 0 Å². The molecule has 0 aromatic heterocycles. The monoisotopic (exact) mass is 842 g/mol. The molecule has 6 atom stereocenters. The van der Waals surface area contributed by atoms with Gasteiger partial charge in [-0.2, -0.15) is 0 Å². The molecular weight excluding hydrogens is 771 g/mol. The molecule has 0 spiro atoms. The van der Waals surface area contributed by atoms with Crippen molar-refractivity contribution in [2.75, 3.05) is 20.6 Å². The molecule has 334 valence electrons. The highest BCUT2D eigenvalue weighted by Gasteiger charge is 2.58. The van der Waals surface area contributed by atoms with E-state index in [-0.39, 0.29) is 72.6 Å². The molecule has 1 aromatic carbocycles. The average Bonchev–Trinajstić information content (AvgIpc) is 3.89. The highest BCUT2D eigenvalue weighted by atomic mass is 16.2. The molecule has 6 aliphatic carbocycles. The predicted molar refractivity (Wildman–Crippen MR) is 234 cm³/mol. The second kappa shape index (κ2) is 20.7. The number of nitrogens with one attached hydrogen (secondary N) is 3. The summed E-state index contributed by atoms with van der Waals surface area (Å²) in [6.07, 6.45) is 15.1. The maximum absolute atomic E-state index is 14.7. The zero-order chi connectivity index (χ0) is 43.8. The van der Waals surface area contributed by atoms with E-state index in [1.165, 1.54) is 30.6 Å². The molecule has 6 saturated carbocycles. The molecule has 5 amide bonds. The number of likely N-dealkylation sites (tertiary alicyclic amines) is 1. The van der Waals surface area contributed by atoms with E-state index < -0.39 is 41.5 Å². The van der Waals surface area contributed by atoms with E-state index in [2.05, 4.69) is 36.4 Å². The van der Waals surface area contributed by atoms with E-state index in [1.54, 1.807) is 55.4 Å². The van der Waals surface area contributed by atoms with Crippen LogP contribution in [-0.4, -0.2) is 89.2 Å². The minimum Gasteiger partial charge on any atom is -0.347 e. The van der Waals surface area contributed by atoms with Crippen molar-refractivity contribution in [2.24, 2.45) is 41.4 Å². The third-order valence-corrected chi connectivity index (χ3v) is 14.4. The lowest BCUT2D eigenvalue weighted by molar-refractivity contribution is -0.144. The SMILES string of the molecule is C=CCCC(CC(=O)[C@@H]1[C@H]2C[C@H]2CN1C(=O)[C@@H](NC(=O)NC12CC3CC(CC(C3)C1)C2)C1CCCCC1)C(=O)C(=O)CCC(=O)N[C@H](C(=O)N(C)C)c1ccccc1.CCC. The summed E-state index contributed by atoms with van der Waals surface area (Å²) in [4.78, 5) is 98.9. The van der Waals surface area contributed by atoms with Crippen LogP contribution < -0.4 is 16.0 Å². The quantitative estimate of drug-likeness (QED) is 0.107. The Bertz CT molecular complexity index is 1740. The lowest BCUT2D eigenvalue weighted by Gasteiger charge is -2.56. The number of fused-ring (bicyclic) bond motifs is 1. The standard InChI is InChI=1S/C46H63N5O7.C3H8/c1-4-5-12-33(42(55)36(52)17-18-38(54)47-39(43(56)50(2)3)31-13-8-6-9-14-31)23-37(53)41-35-22-34(35)27-51(41)44(57)40(32-15-10-7-11-16-32)48-45(58)49-46-24-28-19-29(25-46)21-30(20-28)26-46;1-3-2/h4,6,8-9,13-14,28-30,32-35,39-41H,1,5,7,10-12,15-27H2,2-3H3,(H,47,54)(H2,48,49,58);3H2,1-2H3/t28?,29?,30?,33?,34-,35-,39-,40-,41-,46?;/m0./s1. The summed E-state index contributed by atoms with van der Waals surface area (Å²) in [6.45, 7) is 8.47. The number of likely N-dealkylation sites (N-methyl/N-ethyl adjacent to an activating group) is 1. The van der Waals surface area contributed by atoms with Gasteiger partial charge in [-0.25, -0.2) is 4.79 Å². The molecule has 4 bridgehead atoms. The third kappa shape index (κ3) is 11.4. The van der Waals surface area contributed by atoms with Crippen molar-refractivity contribution in [3.05, 3.63) is 48.6 Å². The van der Waals surface area contributed by atoms with Crippen LogP contribution in [0.2, 0.25) is 0 Å². The van der Waals surface area contributed by atoms with Gasteiger partial charge in [0.15, 0.2) is 11.6 Å². The van der Waals surface area contributed by atoms with Gasteiger partial charge < -0.3 is 25.8 Å². The fourth-order valence-electron chi connectivity index (χ4n) is 11.8. The van der Waals surface area contributed by atoms with Crippen LogP contribution in [-0.2, 0) is 28.8 Å². The predicted octanol–water partition coefficient (Wildman–Crippen LogP) is 6.87. The first kappa shape index (κ1) is 46.2. The Morgan fingerprint density at radius 1 is 0.869 bits per heavy atom. The lowest BCUT2D eigenvalue weighted by atomic mass is 9.53. The second-order valence-electron chi connectivity index (χ2n) is 19.6. The molecule has 1 aliphatic heterocycles. The smallest absolute Gasteiger partial charge is 0.315 e. The van der Waals surface area contributed by atoms with Crippen LogP contribution in [0.15, 0.2) is 43.0 Å². The maximum Gasteiger partial charge on any atom is 0.315 e. The lowest BCUT2D eigenvalue weighted by Crippen LogP contribution is -2.64. The molecule has 7 aliphatic rings. The summed E-state index contributed by atoms with van der Waals surface area (Å²) in [5.41, 5.74) is 0.399. The van der Waals surface area contributed by atoms with Gasteiger partial charge in [-0.3, -0.25) is 28.8 Å². The van der Waals surface area contributed by atoms with Crippen LogP contribution >= 0.6 is 0 Å². The first-order chi connectivity index (χ1) is 29.3. The summed E-state index contributed by atoms with van der Waals surface area (Å²) in [7, 11) is 3.19. The Hall–Kier alpha value is -4.35. The Morgan fingerprint density at radius 2 is 1.49 bits per heavy atom. The number of rotatable bonds is 18. The number of ketones is 3. The zero-order valence-corrected chi connectivity index (χ0v) is 37.1. The Kier molecular flexibility index (Phi) is 15.6. The van der Waals surface area contributed by atoms with E-state index in [0.29, 0.717) is 36.3 Å². The van der Waals surface area contributed by atoms with Crippen molar-refractivity contribution in [2.45, 2.75) is 153 Å². The fraction of sp³-hybridized carbons (Fsp3) is 0.694. The Balaban J connectivity index is 0.00000201. The topological polar surface area (TPSA) is 162 Å². The van der Waals surface area contributed by atoms with E-state index in [4.69, 9.17) is 0 Å². The van der Waals surface area contributed by atoms with E-state index in [0.717, 1.165) is 57.8 Å². The van der Waals surface area contributed by atoms with Crippen molar-refractivity contribution in [3.63, 3.8) is 0 Å². The molecular formula is C49H71N5O7. The number of Topliss-reactive ketones (excluding diaryl/α,β-unsaturated/α-hetero) is 3. The molecule has 8 rings (SSSR count). The van der Waals surface area contributed by atoms with E-state index in [1.807, 2.05) is 0 Å². The van der Waals surface area contributed by atoms with Crippen molar-refractivity contribution >= 4 is 41.1 Å². The number of nitrogens with zero attached hydrogens (tertiary/aromatic N) is 2. The number of carbonyl (C=O) groups is 7. The molecule has 3 N–H and O–H groups in total. The number of hydrogen-bond acceptors (Lipinski definition) is 7.